The number of fused-ring (bicyclic) bond motifs is 3. The smallest absolute Gasteiger partial charge is 0.406 e. The highest BCUT2D eigenvalue weighted by atomic mass is 19.4. The maximum absolute atomic E-state index is 12.6. The number of alkyl halides is 3. The van der Waals surface area contributed by atoms with E-state index in [2.05, 4.69) is 9.64 Å². The summed E-state index contributed by atoms with van der Waals surface area (Å²) in [5.74, 6) is -0.488. The molecule has 0 radical (unpaired) electrons. The van der Waals surface area contributed by atoms with Crippen molar-refractivity contribution in [1.29, 1.82) is 0 Å². The van der Waals surface area contributed by atoms with E-state index in [1.165, 1.54) is 18.2 Å². The van der Waals surface area contributed by atoms with Crippen molar-refractivity contribution in [2.24, 2.45) is 5.92 Å². The normalized spacial score (nSPS) is 22.8. The summed E-state index contributed by atoms with van der Waals surface area (Å²) in [6, 6.07) is 14.0. The summed E-state index contributed by atoms with van der Waals surface area (Å²) in [7, 11) is 0. The van der Waals surface area contributed by atoms with Crippen LogP contribution in [0.2, 0.25) is 0 Å². The van der Waals surface area contributed by atoms with E-state index in [9.17, 15) is 18.0 Å². The Morgan fingerprint density at radius 3 is 2.48 bits per heavy atom. The van der Waals surface area contributed by atoms with Crippen molar-refractivity contribution >= 4 is 5.78 Å². The molecule has 0 amide bonds. The maximum Gasteiger partial charge on any atom is 0.573 e. The van der Waals surface area contributed by atoms with Crippen LogP contribution in [0.25, 0.3) is 0 Å². The van der Waals surface area contributed by atoms with Crippen LogP contribution in [0.1, 0.15) is 27.4 Å². The summed E-state index contributed by atoms with van der Waals surface area (Å²) in [6.07, 6.45) is -4.73. The molecular weight excluding hydrogens is 331 g/mol. The molecule has 4 rings (SSSR count). The van der Waals surface area contributed by atoms with Gasteiger partial charge in [-0.15, -0.1) is 13.2 Å². The SMILES string of the molecule is O=C1c2ccc(OC(F)(F)F)cc2C2CN(Cc3ccccc3)CC12. The Morgan fingerprint density at radius 2 is 1.76 bits per heavy atom. The lowest BCUT2D eigenvalue weighted by atomic mass is 9.96. The van der Waals surface area contributed by atoms with Gasteiger partial charge in [0.15, 0.2) is 5.78 Å². The Balaban J connectivity index is 1.55. The highest BCUT2D eigenvalue weighted by Gasteiger charge is 2.46. The topological polar surface area (TPSA) is 29.5 Å². The summed E-state index contributed by atoms with van der Waals surface area (Å²) in [5.41, 5.74) is 2.36. The molecule has 2 aliphatic rings. The highest BCUT2D eigenvalue weighted by Crippen LogP contribution is 2.44. The summed E-state index contributed by atoms with van der Waals surface area (Å²) in [6.45, 7) is 2.02. The van der Waals surface area contributed by atoms with Gasteiger partial charge >= 0.3 is 6.36 Å². The number of nitrogens with zero attached hydrogens (tertiary/aromatic N) is 1. The van der Waals surface area contributed by atoms with E-state index in [1.54, 1.807) is 0 Å². The first-order chi connectivity index (χ1) is 11.9. The Morgan fingerprint density at radius 1 is 1.04 bits per heavy atom. The fraction of sp³-hybridized carbons (Fsp3) is 0.316. The molecule has 2 unspecified atom stereocenters. The van der Waals surface area contributed by atoms with E-state index in [0.717, 1.165) is 12.1 Å². The Hall–Kier alpha value is -2.34. The molecule has 1 aliphatic carbocycles. The minimum Gasteiger partial charge on any atom is -0.406 e. The average Bonchev–Trinajstić information content (AvgIpc) is 3.06. The van der Waals surface area contributed by atoms with E-state index in [0.29, 0.717) is 24.2 Å². The first kappa shape index (κ1) is 16.1. The van der Waals surface area contributed by atoms with Gasteiger partial charge in [-0.05, 0) is 29.3 Å². The van der Waals surface area contributed by atoms with Crippen LogP contribution in [0.5, 0.6) is 5.75 Å². The molecule has 0 aromatic heterocycles. The lowest BCUT2D eigenvalue weighted by molar-refractivity contribution is -0.274. The summed E-state index contributed by atoms with van der Waals surface area (Å²) < 4.78 is 41.3. The van der Waals surface area contributed by atoms with Gasteiger partial charge in [-0.1, -0.05) is 30.3 Å². The van der Waals surface area contributed by atoms with Crippen LogP contribution in [-0.2, 0) is 6.54 Å². The van der Waals surface area contributed by atoms with Crippen LogP contribution in [-0.4, -0.2) is 30.1 Å². The van der Waals surface area contributed by atoms with E-state index < -0.39 is 6.36 Å². The van der Waals surface area contributed by atoms with Gasteiger partial charge in [0, 0.05) is 37.0 Å². The van der Waals surface area contributed by atoms with Gasteiger partial charge in [0.25, 0.3) is 0 Å². The summed E-state index contributed by atoms with van der Waals surface area (Å²) >= 11 is 0. The molecule has 0 saturated carbocycles. The number of ketones is 1. The largest absolute Gasteiger partial charge is 0.573 e. The third-order valence-electron chi connectivity index (χ3n) is 4.90. The zero-order valence-corrected chi connectivity index (χ0v) is 13.3. The number of benzene rings is 2. The number of rotatable bonds is 3. The average molecular weight is 347 g/mol. The lowest BCUT2D eigenvalue weighted by Gasteiger charge is -2.17. The molecule has 2 aromatic carbocycles. The maximum atomic E-state index is 12.6. The number of hydrogen-bond donors (Lipinski definition) is 0. The number of halogens is 3. The molecule has 6 heteroatoms. The third kappa shape index (κ3) is 3.14. The molecule has 1 fully saturated rings. The quantitative estimate of drug-likeness (QED) is 0.841. The molecular formula is C19H16F3NO2. The number of ether oxygens (including phenoxy) is 1. The Bertz CT molecular complexity index is 804. The predicted octanol–water partition coefficient (Wildman–Crippen LogP) is 4.00. The van der Waals surface area contributed by atoms with Crippen molar-refractivity contribution < 1.29 is 22.7 Å². The van der Waals surface area contributed by atoms with Crippen molar-refractivity contribution in [2.45, 2.75) is 18.8 Å². The Labute approximate surface area is 143 Å². The minimum absolute atomic E-state index is 0.0223. The van der Waals surface area contributed by atoms with Gasteiger partial charge in [-0.3, -0.25) is 9.69 Å². The van der Waals surface area contributed by atoms with Crippen molar-refractivity contribution in [2.75, 3.05) is 13.1 Å². The zero-order valence-electron chi connectivity index (χ0n) is 13.3. The van der Waals surface area contributed by atoms with Gasteiger partial charge in [0.05, 0.1) is 0 Å². The fourth-order valence-corrected chi connectivity index (χ4v) is 3.91. The number of likely N-dealkylation sites (tertiary alicyclic amines) is 1. The van der Waals surface area contributed by atoms with E-state index >= 15 is 0 Å². The van der Waals surface area contributed by atoms with Crippen molar-refractivity contribution in [3.63, 3.8) is 0 Å². The van der Waals surface area contributed by atoms with Gasteiger partial charge in [0.2, 0.25) is 0 Å². The molecule has 2 aromatic rings. The molecule has 25 heavy (non-hydrogen) atoms. The molecule has 3 nitrogen and oxygen atoms in total. The summed E-state index contributed by atoms with van der Waals surface area (Å²) in [5, 5.41) is 0. The van der Waals surface area contributed by atoms with E-state index in [1.807, 2.05) is 30.3 Å². The molecule has 0 spiro atoms. The van der Waals surface area contributed by atoms with Gasteiger partial charge in [-0.25, -0.2) is 0 Å². The van der Waals surface area contributed by atoms with Gasteiger partial charge in [0.1, 0.15) is 5.75 Å². The third-order valence-corrected chi connectivity index (χ3v) is 4.90. The van der Waals surface area contributed by atoms with Crippen LogP contribution >= 0.6 is 0 Å². The standard InChI is InChI=1S/C19H16F3NO2/c20-19(21,22)25-13-6-7-14-15(8-13)16-10-23(11-17(16)18(14)24)9-12-4-2-1-3-5-12/h1-8,16-17H,9-11H2. The van der Waals surface area contributed by atoms with Crippen LogP contribution in [0, 0.1) is 5.92 Å². The molecule has 2 atom stereocenters. The van der Waals surface area contributed by atoms with Gasteiger partial charge in [-0.2, -0.15) is 0 Å². The molecule has 0 bridgehead atoms. The molecule has 1 saturated heterocycles. The first-order valence-electron chi connectivity index (χ1n) is 8.11. The fourth-order valence-electron chi connectivity index (χ4n) is 3.91. The van der Waals surface area contributed by atoms with E-state index in [-0.39, 0.29) is 23.4 Å². The second-order valence-corrected chi connectivity index (χ2v) is 6.55. The monoisotopic (exact) mass is 347 g/mol. The van der Waals surface area contributed by atoms with Gasteiger partial charge < -0.3 is 4.74 Å². The number of carbonyl (C=O) groups excluding carboxylic acids is 1. The second kappa shape index (κ2) is 5.88. The minimum atomic E-state index is -4.73. The van der Waals surface area contributed by atoms with Crippen LogP contribution in [0.3, 0.4) is 0 Å². The number of Topliss-reactive ketones (excluding diaryl/α,β-unsaturated/α-hetero) is 1. The van der Waals surface area contributed by atoms with Crippen molar-refractivity contribution in [1.82, 2.24) is 4.90 Å². The highest BCUT2D eigenvalue weighted by molar-refractivity contribution is 6.03. The number of hydrogen-bond acceptors (Lipinski definition) is 3. The lowest BCUT2D eigenvalue weighted by Crippen LogP contribution is -2.23. The zero-order chi connectivity index (χ0) is 17.6. The first-order valence-corrected chi connectivity index (χ1v) is 8.11. The molecule has 0 N–H and O–H groups in total. The van der Waals surface area contributed by atoms with Crippen LogP contribution < -0.4 is 4.74 Å². The van der Waals surface area contributed by atoms with Crippen LogP contribution in [0.15, 0.2) is 48.5 Å². The number of carbonyl (C=O) groups is 1. The molecule has 1 aliphatic heterocycles. The second-order valence-electron chi connectivity index (χ2n) is 6.55. The van der Waals surface area contributed by atoms with Crippen molar-refractivity contribution in [3.05, 3.63) is 65.2 Å². The predicted molar refractivity (Wildman–Crippen MR) is 85.4 cm³/mol. The Kier molecular flexibility index (Phi) is 3.80. The van der Waals surface area contributed by atoms with Crippen molar-refractivity contribution in [3.8, 4) is 5.75 Å². The van der Waals surface area contributed by atoms with E-state index in [4.69, 9.17) is 0 Å². The molecule has 130 valence electrons. The van der Waals surface area contributed by atoms with Crippen LogP contribution in [0.4, 0.5) is 13.2 Å². The summed E-state index contributed by atoms with van der Waals surface area (Å²) in [4.78, 5) is 14.8. The molecule has 1 heterocycles.